The number of rotatable bonds is 3. The molecule has 1 unspecified atom stereocenters. The first kappa shape index (κ1) is 20.6. The summed E-state index contributed by atoms with van der Waals surface area (Å²) in [5.74, 6) is -0.389. The minimum absolute atomic E-state index is 0.183. The van der Waals surface area contributed by atoms with E-state index in [-0.39, 0.29) is 18.2 Å². The maximum Gasteiger partial charge on any atom is 0.411 e. The molecule has 7 heteroatoms. The van der Waals surface area contributed by atoms with E-state index in [1.54, 1.807) is 11.0 Å². The van der Waals surface area contributed by atoms with E-state index >= 15 is 0 Å². The van der Waals surface area contributed by atoms with E-state index in [4.69, 9.17) is 9.47 Å². The SMILES string of the molecule is COC(=O)c1cc(Br)cc(NC2CCCCN2C(=O)OC(C)(C)C)c1C. The highest BCUT2D eigenvalue weighted by atomic mass is 79.9. The summed E-state index contributed by atoms with van der Waals surface area (Å²) >= 11 is 3.44. The second-order valence-electron chi connectivity index (χ2n) is 7.45. The number of piperidine rings is 1. The van der Waals surface area contributed by atoms with Crippen molar-refractivity contribution >= 4 is 33.7 Å². The summed E-state index contributed by atoms with van der Waals surface area (Å²) in [5.41, 5.74) is 1.53. The molecule has 26 heavy (non-hydrogen) atoms. The number of nitrogens with zero attached hydrogens (tertiary/aromatic N) is 1. The Balaban J connectivity index is 2.26. The van der Waals surface area contributed by atoms with Gasteiger partial charge in [0.05, 0.1) is 12.7 Å². The maximum atomic E-state index is 12.6. The van der Waals surface area contributed by atoms with Gasteiger partial charge >= 0.3 is 12.1 Å². The lowest BCUT2D eigenvalue weighted by Gasteiger charge is -2.37. The molecule has 1 fully saturated rings. The summed E-state index contributed by atoms with van der Waals surface area (Å²) in [6.07, 6.45) is 2.28. The third-order valence-electron chi connectivity index (χ3n) is 4.23. The van der Waals surface area contributed by atoms with Gasteiger partial charge in [-0.3, -0.25) is 4.90 Å². The van der Waals surface area contributed by atoms with E-state index in [1.165, 1.54) is 7.11 Å². The average Bonchev–Trinajstić information content (AvgIpc) is 2.56. The Labute approximate surface area is 163 Å². The molecule has 1 saturated heterocycles. The molecule has 0 spiro atoms. The van der Waals surface area contributed by atoms with Gasteiger partial charge in [0.1, 0.15) is 11.8 Å². The van der Waals surface area contributed by atoms with Gasteiger partial charge in [0.2, 0.25) is 0 Å². The molecular weight excluding hydrogens is 400 g/mol. The van der Waals surface area contributed by atoms with E-state index in [1.807, 2.05) is 33.8 Å². The molecule has 144 valence electrons. The van der Waals surface area contributed by atoms with Gasteiger partial charge in [-0.25, -0.2) is 9.59 Å². The molecule has 0 bridgehead atoms. The van der Waals surface area contributed by atoms with Crippen molar-refractivity contribution in [2.75, 3.05) is 19.0 Å². The number of hydrogen-bond acceptors (Lipinski definition) is 5. The number of carbonyl (C=O) groups is 2. The second-order valence-corrected chi connectivity index (χ2v) is 8.36. The fourth-order valence-electron chi connectivity index (χ4n) is 2.95. The number of anilines is 1. The van der Waals surface area contributed by atoms with Crippen molar-refractivity contribution in [3.63, 3.8) is 0 Å². The number of esters is 1. The highest BCUT2D eigenvalue weighted by Crippen LogP contribution is 2.29. The summed E-state index contributed by atoms with van der Waals surface area (Å²) in [7, 11) is 1.36. The van der Waals surface area contributed by atoms with Crippen LogP contribution >= 0.6 is 15.9 Å². The molecule has 0 aliphatic carbocycles. The topological polar surface area (TPSA) is 67.9 Å². The van der Waals surface area contributed by atoms with Crippen LogP contribution in [-0.2, 0) is 9.47 Å². The first-order chi connectivity index (χ1) is 12.1. The van der Waals surface area contributed by atoms with Crippen molar-refractivity contribution in [2.45, 2.75) is 58.7 Å². The van der Waals surface area contributed by atoms with Gasteiger partial charge < -0.3 is 14.8 Å². The van der Waals surface area contributed by atoms with E-state index in [0.717, 1.165) is 35.0 Å². The number of methoxy groups -OCH3 is 1. The van der Waals surface area contributed by atoms with Crippen LogP contribution in [0.15, 0.2) is 16.6 Å². The third kappa shape index (κ3) is 5.13. The van der Waals surface area contributed by atoms with E-state index in [0.29, 0.717) is 12.1 Å². The fourth-order valence-corrected chi connectivity index (χ4v) is 3.41. The molecular formula is C19H27BrN2O4. The Bertz CT molecular complexity index is 685. The molecule has 6 nitrogen and oxygen atoms in total. The highest BCUT2D eigenvalue weighted by Gasteiger charge is 2.31. The zero-order valence-electron chi connectivity index (χ0n) is 16.0. The van der Waals surface area contributed by atoms with Crippen molar-refractivity contribution < 1.29 is 19.1 Å². The average molecular weight is 427 g/mol. The Morgan fingerprint density at radius 2 is 1.96 bits per heavy atom. The molecule has 1 aliphatic heterocycles. The number of benzene rings is 1. The number of hydrogen-bond donors (Lipinski definition) is 1. The van der Waals surface area contributed by atoms with Crippen molar-refractivity contribution in [2.24, 2.45) is 0 Å². The molecule has 0 aromatic heterocycles. The Kier molecular flexibility index (Phi) is 6.55. The molecule has 1 aromatic rings. The monoisotopic (exact) mass is 426 g/mol. The first-order valence-electron chi connectivity index (χ1n) is 8.77. The normalized spacial score (nSPS) is 17.6. The quantitative estimate of drug-likeness (QED) is 0.709. The van der Waals surface area contributed by atoms with Gasteiger partial charge in [-0.15, -0.1) is 0 Å². The second kappa shape index (κ2) is 8.29. The Hall–Kier alpha value is -1.76. The smallest absolute Gasteiger partial charge is 0.411 e. The van der Waals surface area contributed by atoms with Crippen molar-refractivity contribution in [3.8, 4) is 0 Å². The summed E-state index contributed by atoms with van der Waals surface area (Å²) in [6.45, 7) is 8.08. The van der Waals surface area contributed by atoms with Gasteiger partial charge in [0.15, 0.2) is 0 Å². The zero-order valence-corrected chi connectivity index (χ0v) is 17.6. The van der Waals surface area contributed by atoms with Gasteiger partial charge in [-0.1, -0.05) is 15.9 Å². The lowest BCUT2D eigenvalue weighted by Crippen LogP contribution is -2.49. The minimum atomic E-state index is -0.539. The van der Waals surface area contributed by atoms with Gasteiger partial charge in [-0.2, -0.15) is 0 Å². The van der Waals surface area contributed by atoms with Crippen LogP contribution in [0.3, 0.4) is 0 Å². The van der Waals surface area contributed by atoms with Gasteiger partial charge in [0, 0.05) is 16.7 Å². The molecule has 1 aromatic carbocycles. The van der Waals surface area contributed by atoms with Crippen molar-refractivity contribution in [3.05, 3.63) is 27.7 Å². The van der Waals surface area contributed by atoms with Crippen LogP contribution in [0.4, 0.5) is 10.5 Å². The molecule has 0 radical (unpaired) electrons. The van der Waals surface area contributed by atoms with Crippen LogP contribution in [0.5, 0.6) is 0 Å². The van der Waals surface area contributed by atoms with Crippen LogP contribution in [0.25, 0.3) is 0 Å². The van der Waals surface area contributed by atoms with Gasteiger partial charge in [-0.05, 0) is 64.7 Å². The molecule has 1 N–H and O–H groups in total. The van der Waals surface area contributed by atoms with E-state index in [2.05, 4.69) is 21.2 Å². The third-order valence-corrected chi connectivity index (χ3v) is 4.69. The summed E-state index contributed by atoms with van der Waals surface area (Å²) in [4.78, 5) is 26.3. The molecule has 1 amide bonds. The molecule has 1 atom stereocenters. The predicted molar refractivity (Wildman–Crippen MR) is 104 cm³/mol. The summed E-state index contributed by atoms with van der Waals surface area (Å²) in [5, 5.41) is 3.41. The Morgan fingerprint density at radius 3 is 2.58 bits per heavy atom. The standard InChI is InChI=1S/C19H27BrN2O4/c1-12-14(17(23)25-5)10-13(20)11-15(12)21-16-8-6-7-9-22(16)18(24)26-19(2,3)4/h10-11,16,21H,6-9H2,1-5H3. The fraction of sp³-hybridized carbons (Fsp3) is 0.579. The zero-order chi connectivity index (χ0) is 19.5. The molecule has 0 saturated carbocycles. The number of carbonyl (C=O) groups excluding carboxylic acids is 2. The van der Waals surface area contributed by atoms with Crippen LogP contribution < -0.4 is 5.32 Å². The Morgan fingerprint density at radius 1 is 1.27 bits per heavy atom. The number of likely N-dealkylation sites (tertiary alicyclic amines) is 1. The van der Waals surface area contributed by atoms with Crippen molar-refractivity contribution in [1.82, 2.24) is 4.90 Å². The largest absolute Gasteiger partial charge is 0.465 e. The summed E-state index contributed by atoms with van der Waals surface area (Å²) < 4.78 is 11.2. The molecule has 2 rings (SSSR count). The van der Waals surface area contributed by atoms with Gasteiger partial charge in [0.25, 0.3) is 0 Å². The van der Waals surface area contributed by atoms with Crippen LogP contribution in [0, 0.1) is 6.92 Å². The lowest BCUT2D eigenvalue weighted by molar-refractivity contribution is 0.0130. The van der Waals surface area contributed by atoms with Crippen molar-refractivity contribution in [1.29, 1.82) is 0 Å². The predicted octanol–water partition coefficient (Wildman–Crippen LogP) is 4.70. The first-order valence-corrected chi connectivity index (χ1v) is 9.56. The number of nitrogens with one attached hydrogen (secondary N) is 1. The highest BCUT2D eigenvalue weighted by molar-refractivity contribution is 9.10. The number of halogens is 1. The van der Waals surface area contributed by atoms with E-state index in [9.17, 15) is 9.59 Å². The number of ether oxygens (including phenoxy) is 2. The minimum Gasteiger partial charge on any atom is -0.465 e. The molecule has 1 aliphatic rings. The summed E-state index contributed by atoms with van der Waals surface area (Å²) in [6, 6.07) is 3.64. The molecule has 1 heterocycles. The lowest BCUT2D eigenvalue weighted by atomic mass is 10.0. The van der Waals surface area contributed by atoms with Crippen LogP contribution in [0.1, 0.15) is 56.0 Å². The van der Waals surface area contributed by atoms with Crippen LogP contribution in [0.2, 0.25) is 0 Å². The number of amides is 1. The van der Waals surface area contributed by atoms with Crippen LogP contribution in [-0.4, -0.2) is 42.4 Å². The van der Waals surface area contributed by atoms with E-state index < -0.39 is 5.60 Å². The maximum absolute atomic E-state index is 12.6.